The minimum atomic E-state index is -0.561. The third-order valence-electron chi connectivity index (χ3n) is 5.38. The second-order valence-electron chi connectivity index (χ2n) is 8.93. The van der Waals surface area contributed by atoms with E-state index in [0.717, 1.165) is 12.0 Å². The van der Waals surface area contributed by atoms with Crippen LogP contribution in [0.5, 0.6) is 0 Å². The van der Waals surface area contributed by atoms with Gasteiger partial charge in [0, 0.05) is 39.3 Å². The first-order valence-electron chi connectivity index (χ1n) is 10.7. The number of halogens is 1. The molecule has 9 heteroatoms. The molecule has 2 heterocycles. The highest BCUT2D eigenvalue weighted by molar-refractivity contribution is 5.87. The molecule has 0 saturated carbocycles. The third kappa shape index (κ3) is 6.08. The Morgan fingerprint density at radius 3 is 2.26 bits per heavy atom. The molecule has 1 N–H and O–H groups in total. The Morgan fingerprint density at radius 1 is 1.03 bits per heavy atom. The van der Waals surface area contributed by atoms with Crippen molar-refractivity contribution in [1.82, 2.24) is 20.0 Å². The van der Waals surface area contributed by atoms with Crippen molar-refractivity contribution in [3.05, 3.63) is 35.6 Å². The van der Waals surface area contributed by atoms with Crippen molar-refractivity contribution in [1.29, 1.82) is 0 Å². The van der Waals surface area contributed by atoms with Crippen molar-refractivity contribution < 1.29 is 23.5 Å². The molecule has 2 aliphatic heterocycles. The molecule has 0 bridgehead atoms. The van der Waals surface area contributed by atoms with Crippen LogP contribution in [-0.4, -0.2) is 77.1 Å². The number of urea groups is 1. The molecule has 2 saturated heterocycles. The van der Waals surface area contributed by atoms with Gasteiger partial charge in [0.25, 0.3) is 0 Å². The van der Waals surface area contributed by atoms with E-state index in [1.165, 1.54) is 12.1 Å². The standard InChI is InChI=1S/C22H31FN4O4/c1-22(2,3)31-21(30)26-13-11-25(12-14-26)20(29)27-10-4-5-18(27)19(28)24-15-16-6-8-17(23)9-7-16/h6-9,18H,4-5,10-15H2,1-3H3,(H,24,28). The van der Waals surface area contributed by atoms with Crippen molar-refractivity contribution in [2.75, 3.05) is 32.7 Å². The maximum Gasteiger partial charge on any atom is 0.410 e. The molecule has 8 nitrogen and oxygen atoms in total. The fraction of sp³-hybridized carbons (Fsp3) is 0.591. The van der Waals surface area contributed by atoms with Crippen molar-refractivity contribution >= 4 is 18.0 Å². The molecule has 0 aromatic heterocycles. The summed E-state index contributed by atoms with van der Waals surface area (Å²) in [6, 6.07) is 5.25. The van der Waals surface area contributed by atoms with Gasteiger partial charge >= 0.3 is 12.1 Å². The van der Waals surface area contributed by atoms with Crippen LogP contribution >= 0.6 is 0 Å². The average Bonchev–Trinajstić information content (AvgIpc) is 3.21. The fourth-order valence-electron chi connectivity index (χ4n) is 3.77. The summed E-state index contributed by atoms with van der Waals surface area (Å²) in [7, 11) is 0. The SMILES string of the molecule is CC(C)(C)OC(=O)N1CCN(C(=O)N2CCCC2C(=O)NCc2ccc(F)cc2)CC1. The Morgan fingerprint density at radius 2 is 1.65 bits per heavy atom. The van der Waals surface area contributed by atoms with Crippen LogP contribution in [0.2, 0.25) is 0 Å². The number of nitrogens with one attached hydrogen (secondary N) is 1. The van der Waals surface area contributed by atoms with E-state index in [2.05, 4.69) is 5.32 Å². The molecule has 31 heavy (non-hydrogen) atoms. The molecular weight excluding hydrogens is 403 g/mol. The first-order valence-corrected chi connectivity index (χ1v) is 10.7. The van der Waals surface area contributed by atoms with E-state index in [0.29, 0.717) is 39.1 Å². The van der Waals surface area contributed by atoms with Crippen molar-refractivity contribution in [2.24, 2.45) is 0 Å². The Labute approximate surface area is 182 Å². The molecule has 1 aromatic carbocycles. The number of benzene rings is 1. The molecule has 4 amide bonds. The van der Waals surface area contributed by atoms with E-state index in [1.54, 1.807) is 26.8 Å². The van der Waals surface area contributed by atoms with E-state index in [1.807, 2.05) is 20.8 Å². The zero-order chi connectivity index (χ0) is 22.6. The Balaban J connectivity index is 1.51. The summed E-state index contributed by atoms with van der Waals surface area (Å²) in [6.07, 6.45) is 0.996. The number of carbonyl (C=O) groups is 3. The maximum absolute atomic E-state index is 13.0. The van der Waals surface area contributed by atoms with Gasteiger partial charge in [0.15, 0.2) is 0 Å². The summed E-state index contributed by atoms with van der Waals surface area (Å²) >= 11 is 0. The first kappa shape index (κ1) is 22.8. The molecule has 1 atom stereocenters. The fourth-order valence-corrected chi connectivity index (χ4v) is 3.77. The molecule has 2 fully saturated rings. The monoisotopic (exact) mass is 434 g/mol. The van der Waals surface area contributed by atoms with Crippen LogP contribution in [0.4, 0.5) is 14.0 Å². The van der Waals surface area contributed by atoms with Gasteiger partial charge < -0.3 is 24.8 Å². The molecule has 170 valence electrons. The molecule has 0 aliphatic carbocycles. The molecule has 1 aromatic rings. The Bertz CT molecular complexity index is 801. The third-order valence-corrected chi connectivity index (χ3v) is 5.38. The Kier molecular flexibility index (Phi) is 7.02. The van der Waals surface area contributed by atoms with E-state index in [9.17, 15) is 18.8 Å². The largest absolute Gasteiger partial charge is 0.444 e. The van der Waals surface area contributed by atoms with Crippen molar-refractivity contribution in [2.45, 2.75) is 51.8 Å². The predicted molar refractivity (Wildman–Crippen MR) is 113 cm³/mol. The second kappa shape index (κ2) is 9.53. The van der Waals surface area contributed by atoms with Crippen LogP contribution in [0.3, 0.4) is 0 Å². The minimum Gasteiger partial charge on any atom is -0.444 e. The summed E-state index contributed by atoms with van der Waals surface area (Å²) in [4.78, 5) is 42.8. The number of hydrogen-bond donors (Lipinski definition) is 1. The van der Waals surface area contributed by atoms with Gasteiger partial charge in [-0.3, -0.25) is 4.79 Å². The number of carbonyl (C=O) groups excluding carboxylic acids is 3. The number of rotatable bonds is 3. The molecule has 3 rings (SSSR count). The molecule has 1 unspecified atom stereocenters. The number of amides is 4. The summed E-state index contributed by atoms with van der Waals surface area (Å²) in [5, 5.41) is 2.85. The van der Waals surface area contributed by atoms with Gasteiger partial charge in [0.2, 0.25) is 5.91 Å². The smallest absolute Gasteiger partial charge is 0.410 e. The Hall–Kier alpha value is -2.84. The van der Waals surface area contributed by atoms with E-state index < -0.39 is 11.6 Å². The quantitative estimate of drug-likeness (QED) is 0.793. The van der Waals surface area contributed by atoms with Crippen molar-refractivity contribution in [3.8, 4) is 0 Å². The highest BCUT2D eigenvalue weighted by atomic mass is 19.1. The summed E-state index contributed by atoms with van der Waals surface area (Å²) in [5.74, 6) is -0.531. The maximum atomic E-state index is 13.0. The van der Waals surface area contributed by atoms with Crippen LogP contribution < -0.4 is 5.32 Å². The first-order chi connectivity index (χ1) is 14.6. The van der Waals surface area contributed by atoms with Gasteiger partial charge in [0.05, 0.1) is 0 Å². The van der Waals surface area contributed by atoms with Gasteiger partial charge in [0.1, 0.15) is 17.5 Å². The summed E-state index contributed by atoms with van der Waals surface area (Å²) < 4.78 is 18.4. The van der Waals surface area contributed by atoms with Crippen LogP contribution in [0.15, 0.2) is 24.3 Å². The lowest BCUT2D eigenvalue weighted by molar-refractivity contribution is -0.125. The second-order valence-corrected chi connectivity index (χ2v) is 8.93. The number of hydrogen-bond acceptors (Lipinski definition) is 4. The zero-order valence-electron chi connectivity index (χ0n) is 18.4. The molecule has 0 radical (unpaired) electrons. The summed E-state index contributed by atoms with van der Waals surface area (Å²) in [6.45, 7) is 7.87. The highest BCUT2D eigenvalue weighted by Gasteiger charge is 2.37. The summed E-state index contributed by atoms with van der Waals surface area (Å²) in [5.41, 5.74) is 0.234. The van der Waals surface area contributed by atoms with Crippen LogP contribution in [0, 0.1) is 5.82 Å². The number of ether oxygens (including phenoxy) is 1. The van der Waals surface area contributed by atoms with Crippen LogP contribution in [0.1, 0.15) is 39.2 Å². The lowest BCUT2D eigenvalue weighted by Crippen LogP contribution is -2.56. The van der Waals surface area contributed by atoms with E-state index in [-0.39, 0.29) is 30.4 Å². The van der Waals surface area contributed by atoms with Gasteiger partial charge in [-0.2, -0.15) is 0 Å². The minimum absolute atomic E-state index is 0.178. The van der Waals surface area contributed by atoms with E-state index >= 15 is 0 Å². The lowest BCUT2D eigenvalue weighted by atomic mass is 10.2. The lowest BCUT2D eigenvalue weighted by Gasteiger charge is -2.38. The molecule has 2 aliphatic rings. The van der Waals surface area contributed by atoms with Crippen molar-refractivity contribution in [3.63, 3.8) is 0 Å². The number of likely N-dealkylation sites (tertiary alicyclic amines) is 1. The topological polar surface area (TPSA) is 82.2 Å². The highest BCUT2D eigenvalue weighted by Crippen LogP contribution is 2.21. The average molecular weight is 435 g/mol. The molecular formula is C22H31FN4O4. The van der Waals surface area contributed by atoms with Crippen LogP contribution in [-0.2, 0) is 16.1 Å². The van der Waals surface area contributed by atoms with Gasteiger partial charge in [-0.05, 0) is 51.3 Å². The normalized spacial score (nSPS) is 19.4. The zero-order valence-corrected chi connectivity index (χ0v) is 18.4. The van der Waals surface area contributed by atoms with Crippen LogP contribution in [0.25, 0.3) is 0 Å². The number of piperazine rings is 1. The van der Waals surface area contributed by atoms with Gasteiger partial charge in [-0.1, -0.05) is 12.1 Å². The predicted octanol–water partition coefficient (Wildman–Crippen LogP) is 2.58. The van der Waals surface area contributed by atoms with Gasteiger partial charge in [-0.25, -0.2) is 14.0 Å². The van der Waals surface area contributed by atoms with Gasteiger partial charge in [-0.15, -0.1) is 0 Å². The molecule has 0 spiro atoms. The number of nitrogens with zero attached hydrogens (tertiary/aromatic N) is 3. The van der Waals surface area contributed by atoms with E-state index in [4.69, 9.17) is 4.74 Å².